The van der Waals surface area contributed by atoms with E-state index >= 15 is 4.39 Å². The van der Waals surface area contributed by atoms with Crippen LogP contribution in [-0.4, -0.2) is 35.7 Å². The number of hydrogen-bond acceptors (Lipinski definition) is 4. The molecule has 5 rings (SSSR count). The Hall–Kier alpha value is -3.71. The zero-order valence-corrected chi connectivity index (χ0v) is 24.9. The second-order valence-corrected chi connectivity index (χ2v) is 12.2. The van der Waals surface area contributed by atoms with Gasteiger partial charge in [-0.1, -0.05) is 6.07 Å². The van der Waals surface area contributed by atoms with Gasteiger partial charge in [0.2, 0.25) is 0 Å². The minimum Gasteiger partial charge on any atom is -0.490 e. The normalized spacial score (nSPS) is 15.3. The number of carbonyl (C=O) groups excluding carboxylic acids is 1. The lowest BCUT2D eigenvalue weighted by molar-refractivity contribution is -0.160. The predicted octanol–water partition coefficient (Wildman–Crippen LogP) is 7.20. The molecule has 6 nitrogen and oxygen atoms in total. The van der Waals surface area contributed by atoms with Crippen LogP contribution in [0.3, 0.4) is 0 Å². The van der Waals surface area contributed by atoms with Gasteiger partial charge in [0, 0.05) is 28.9 Å². The molecular weight excluding hydrogens is 521 g/mol. The van der Waals surface area contributed by atoms with E-state index in [4.69, 9.17) is 9.47 Å². The Morgan fingerprint density at radius 1 is 1.00 bits per heavy atom. The van der Waals surface area contributed by atoms with E-state index < -0.39 is 23.5 Å². The Labute approximate surface area is 241 Å². The summed E-state index contributed by atoms with van der Waals surface area (Å²) in [6.07, 6.45) is 0.673. The molecule has 1 N–H and O–H groups in total. The SMILES string of the molecule is Cc1ccc(C(=O)N2CCc3c2cc(C)c(C(OC(C)(C)C)C(=O)O)c3-c2cc(F)c3c(c2C)CCCO3)cc1C. The van der Waals surface area contributed by atoms with E-state index in [2.05, 4.69) is 0 Å². The summed E-state index contributed by atoms with van der Waals surface area (Å²) in [6.45, 7) is 14.1. The highest BCUT2D eigenvalue weighted by Gasteiger charge is 2.37. The number of carbonyl (C=O) groups is 2. The van der Waals surface area contributed by atoms with Crippen LogP contribution in [0.1, 0.15) is 82.6 Å². The summed E-state index contributed by atoms with van der Waals surface area (Å²) in [5, 5.41) is 10.4. The van der Waals surface area contributed by atoms with Crippen molar-refractivity contribution in [3.63, 3.8) is 0 Å². The highest BCUT2D eigenvalue weighted by atomic mass is 19.1. The van der Waals surface area contributed by atoms with Crippen LogP contribution in [0, 0.1) is 33.5 Å². The lowest BCUT2D eigenvalue weighted by Gasteiger charge is -2.30. The van der Waals surface area contributed by atoms with Gasteiger partial charge in [-0.05, 0) is 131 Å². The summed E-state index contributed by atoms with van der Waals surface area (Å²) >= 11 is 0. The number of ether oxygens (including phenoxy) is 2. The van der Waals surface area contributed by atoms with Crippen LogP contribution in [0.15, 0.2) is 30.3 Å². The van der Waals surface area contributed by atoms with E-state index in [1.54, 1.807) is 4.90 Å². The summed E-state index contributed by atoms with van der Waals surface area (Å²) in [7, 11) is 0. The fourth-order valence-electron chi connectivity index (χ4n) is 6.09. The van der Waals surface area contributed by atoms with Crippen LogP contribution in [0.25, 0.3) is 11.1 Å². The predicted molar refractivity (Wildman–Crippen MR) is 158 cm³/mol. The molecule has 0 aliphatic carbocycles. The van der Waals surface area contributed by atoms with E-state index in [1.807, 2.05) is 72.7 Å². The van der Waals surface area contributed by atoms with Crippen LogP contribution in [-0.2, 0) is 22.4 Å². The first-order chi connectivity index (χ1) is 19.3. The number of aliphatic carboxylic acids is 1. The lowest BCUT2D eigenvalue weighted by Crippen LogP contribution is -2.30. The number of amides is 1. The number of fused-ring (bicyclic) bond motifs is 2. The van der Waals surface area contributed by atoms with Gasteiger partial charge >= 0.3 is 5.97 Å². The molecule has 1 atom stereocenters. The van der Waals surface area contributed by atoms with Crippen molar-refractivity contribution < 1.29 is 28.6 Å². The molecular formula is C34H38FNO5. The molecule has 0 bridgehead atoms. The molecule has 2 aliphatic rings. The summed E-state index contributed by atoms with van der Waals surface area (Å²) in [6, 6.07) is 9.03. The number of rotatable bonds is 5. The van der Waals surface area contributed by atoms with Crippen LogP contribution < -0.4 is 9.64 Å². The molecule has 0 saturated carbocycles. The molecule has 216 valence electrons. The average Bonchev–Trinajstić information content (AvgIpc) is 3.32. The van der Waals surface area contributed by atoms with Gasteiger partial charge in [0.25, 0.3) is 5.91 Å². The number of hydrogen-bond donors (Lipinski definition) is 1. The van der Waals surface area contributed by atoms with Crippen LogP contribution in [0.2, 0.25) is 0 Å². The zero-order valence-electron chi connectivity index (χ0n) is 24.9. The molecule has 0 fully saturated rings. The fraction of sp³-hybridized carbons (Fsp3) is 0.412. The van der Waals surface area contributed by atoms with Crippen molar-refractivity contribution in [1.82, 2.24) is 0 Å². The second-order valence-electron chi connectivity index (χ2n) is 12.2. The van der Waals surface area contributed by atoms with Gasteiger partial charge in [0.05, 0.1) is 12.2 Å². The van der Waals surface area contributed by atoms with Gasteiger partial charge in [0.1, 0.15) is 0 Å². The van der Waals surface area contributed by atoms with Crippen LogP contribution >= 0.6 is 0 Å². The topological polar surface area (TPSA) is 76.1 Å². The molecule has 1 amide bonds. The second kappa shape index (κ2) is 10.6. The molecule has 2 heterocycles. The Morgan fingerprint density at radius 3 is 2.39 bits per heavy atom. The Bertz CT molecular complexity index is 1570. The maximum absolute atomic E-state index is 15.6. The molecule has 7 heteroatoms. The van der Waals surface area contributed by atoms with Gasteiger partial charge in [-0.25, -0.2) is 9.18 Å². The summed E-state index contributed by atoms with van der Waals surface area (Å²) in [5.41, 5.74) is 7.61. The number of anilines is 1. The van der Waals surface area contributed by atoms with Crippen molar-refractivity contribution in [3.05, 3.63) is 80.7 Å². The van der Waals surface area contributed by atoms with Crippen molar-refractivity contribution in [1.29, 1.82) is 0 Å². The van der Waals surface area contributed by atoms with E-state index in [9.17, 15) is 14.7 Å². The largest absolute Gasteiger partial charge is 0.490 e. The van der Waals surface area contributed by atoms with Crippen molar-refractivity contribution in [3.8, 4) is 16.9 Å². The van der Waals surface area contributed by atoms with Gasteiger partial charge in [-0.2, -0.15) is 0 Å². The molecule has 0 saturated heterocycles. The average molecular weight is 560 g/mol. The molecule has 0 radical (unpaired) electrons. The first-order valence-corrected chi connectivity index (χ1v) is 14.2. The van der Waals surface area contributed by atoms with Gasteiger partial charge in [-0.15, -0.1) is 0 Å². The highest BCUT2D eigenvalue weighted by Crippen LogP contribution is 2.47. The van der Waals surface area contributed by atoms with Crippen LogP contribution in [0.4, 0.5) is 10.1 Å². The Balaban J connectivity index is 1.77. The van der Waals surface area contributed by atoms with E-state index in [1.165, 1.54) is 6.07 Å². The van der Waals surface area contributed by atoms with Gasteiger partial charge < -0.3 is 19.5 Å². The van der Waals surface area contributed by atoms with Gasteiger partial charge in [-0.3, -0.25) is 4.79 Å². The summed E-state index contributed by atoms with van der Waals surface area (Å²) in [5.74, 6) is -1.43. The first kappa shape index (κ1) is 28.8. The molecule has 0 spiro atoms. The lowest BCUT2D eigenvalue weighted by atomic mass is 9.83. The Kier molecular flexibility index (Phi) is 7.45. The van der Waals surface area contributed by atoms with Crippen molar-refractivity contribution >= 4 is 17.6 Å². The van der Waals surface area contributed by atoms with E-state index in [0.29, 0.717) is 53.8 Å². The minimum absolute atomic E-state index is 0.118. The highest BCUT2D eigenvalue weighted by molar-refractivity contribution is 6.08. The standard InChI is InChI=1S/C34H38FNO5/c1-18-10-11-22(15-19(18)2)32(37)36-13-12-24-27(36)16-20(3)28(31(33(38)39)41-34(5,6)7)29(24)25-17-26(35)30-23(21(25)4)9-8-14-40-30/h10-11,15-17,31H,8-9,12-14H2,1-7H3,(H,38,39). The smallest absolute Gasteiger partial charge is 0.337 e. The molecule has 3 aromatic rings. The molecule has 1 unspecified atom stereocenters. The zero-order chi connectivity index (χ0) is 29.8. The van der Waals surface area contributed by atoms with E-state index in [0.717, 1.165) is 39.9 Å². The molecule has 0 aromatic heterocycles. The third kappa shape index (κ3) is 5.23. The first-order valence-electron chi connectivity index (χ1n) is 14.2. The fourth-order valence-corrected chi connectivity index (χ4v) is 6.09. The third-order valence-corrected chi connectivity index (χ3v) is 8.20. The number of benzene rings is 3. The Morgan fingerprint density at radius 2 is 1.73 bits per heavy atom. The van der Waals surface area contributed by atoms with E-state index in [-0.39, 0.29) is 11.7 Å². The maximum atomic E-state index is 15.6. The molecule has 3 aromatic carbocycles. The van der Waals surface area contributed by atoms with Crippen molar-refractivity contribution in [2.75, 3.05) is 18.1 Å². The van der Waals surface area contributed by atoms with Crippen molar-refractivity contribution in [2.24, 2.45) is 0 Å². The number of aryl methyl sites for hydroxylation is 3. The van der Waals surface area contributed by atoms with Gasteiger partial charge in [0.15, 0.2) is 17.7 Å². The van der Waals surface area contributed by atoms with Crippen LogP contribution in [0.5, 0.6) is 5.75 Å². The maximum Gasteiger partial charge on any atom is 0.337 e. The number of nitrogens with zero attached hydrogens (tertiary/aromatic N) is 1. The molecule has 41 heavy (non-hydrogen) atoms. The summed E-state index contributed by atoms with van der Waals surface area (Å²) < 4.78 is 27.4. The monoisotopic (exact) mass is 559 g/mol. The number of halogens is 1. The summed E-state index contributed by atoms with van der Waals surface area (Å²) in [4.78, 5) is 28.3. The molecule has 2 aliphatic heterocycles. The van der Waals surface area contributed by atoms with Crippen molar-refractivity contribution in [2.45, 2.75) is 79.4 Å². The quantitative estimate of drug-likeness (QED) is 0.358. The minimum atomic E-state index is -1.28. The number of carboxylic acid groups (broad SMARTS) is 1. The number of carboxylic acids is 1. The third-order valence-electron chi connectivity index (χ3n) is 8.20.